The predicted molar refractivity (Wildman–Crippen MR) is 161 cm³/mol. The molecule has 0 radical (unpaired) electrons. The van der Waals surface area contributed by atoms with Crippen LogP contribution in [0, 0.1) is 13.8 Å². The number of hydrogen-bond acceptors (Lipinski definition) is 2. The van der Waals surface area contributed by atoms with E-state index >= 15 is 0 Å². The van der Waals surface area contributed by atoms with Crippen molar-refractivity contribution >= 4 is 41.8 Å². The molecule has 2 nitrogen and oxygen atoms in total. The summed E-state index contributed by atoms with van der Waals surface area (Å²) in [7, 11) is -7.08. The molecule has 6 heteroatoms. The Morgan fingerprint density at radius 2 is 1.39 bits per heavy atom. The normalized spacial score (nSPS) is 24.3. The first kappa shape index (κ1) is 26.4. The summed E-state index contributed by atoms with van der Waals surface area (Å²) in [6.45, 7) is 32.8. The molecule has 1 N–H and O–H groups in total. The van der Waals surface area contributed by atoms with Gasteiger partial charge >= 0.3 is 0 Å². The van der Waals surface area contributed by atoms with E-state index in [9.17, 15) is 0 Å². The maximum atomic E-state index is 5.75. The van der Waals surface area contributed by atoms with Crippen LogP contribution in [0.15, 0.2) is 57.6 Å². The van der Waals surface area contributed by atoms with Crippen LogP contribution in [-0.4, -0.2) is 36.1 Å². The van der Waals surface area contributed by atoms with E-state index in [1.165, 1.54) is 33.4 Å². The number of nitrogens with zero attached hydrogens (tertiary/aromatic N) is 1. The van der Waals surface area contributed by atoms with E-state index in [0.29, 0.717) is 0 Å². The summed E-state index contributed by atoms with van der Waals surface area (Å²) in [6, 6.07) is 6.65. The van der Waals surface area contributed by atoms with E-state index in [-0.39, 0.29) is 5.04 Å². The van der Waals surface area contributed by atoms with Gasteiger partial charge in [0.05, 0.1) is 8.07 Å². The molecule has 0 saturated carbocycles. The second-order valence-corrected chi connectivity index (χ2v) is 45.5. The molecular formula is C27H46N2Si4. The van der Waals surface area contributed by atoms with Crippen molar-refractivity contribution in [3.05, 3.63) is 63.8 Å². The molecule has 2 aliphatic rings. The predicted octanol–water partition coefficient (Wildman–Crippen LogP) is 8.36. The largest absolute Gasteiger partial charge is 0.361 e. The fourth-order valence-electron chi connectivity index (χ4n) is 7.28. The Bertz CT molecular complexity index is 1050. The smallest absolute Gasteiger partial charge is 0.114 e. The van der Waals surface area contributed by atoms with Gasteiger partial charge in [-0.05, 0) is 37.5 Å². The molecule has 1 aliphatic carbocycles. The number of hydrogen-bond donors (Lipinski definition) is 1. The van der Waals surface area contributed by atoms with E-state index < -0.39 is 30.4 Å². The summed E-state index contributed by atoms with van der Waals surface area (Å²) < 4.78 is 0. The standard InChI is InChI=1S/C27H46N2Si4/c1-20-16-14-17-21(2)23(20)28-25(30(5,6)7)26-29-24-22(3)18-15-19-27(24,4)33(26,31(8,9)10)32(11,12)13/h14-19,28H,1-13H3/b26-25-. The van der Waals surface area contributed by atoms with E-state index in [2.05, 4.69) is 128 Å². The van der Waals surface area contributed by atoms with Gasteiger partial charge in [0, 0.05) is 42.3 Å². The van der Waals surface area contributed by atoms with Crippen LogP contribution in [-0.2, 0) is 0 Å². The number of aliphatic imine (C=N–C) groups is 1. The van der Waals surface area contributed by atoms with Crippen LogP contribution < -0.4 is 5.32 Å². The molecule has 0 aromatic heterocycles. The lowest BCUT2D eigenvalue weighted by Crippen LogP contribution is -2.77. The Morgan fingerprint density at radius 3 is 1.85 bits per heavy atom. The molecule has 3 rings (SSSR count). The molecule has 0 bridgehead atoms. The topological polar surface area (TPSA) is 24.4 Å². The minimum absolute atomic E-state index is 0.0868. The van der Waals surface area contributed by atoms with Gasteiger partial charge < -0.3 is 5.32 Å². The van der Waals surface area contributed by atoms with Crippen LogP contribution in [0.3, 0.4) is 0 Å². The van der Waals surface area contributed by atoms with Gasteiger partial charge in [0.15, 0.2) is 0 Å². The van der Waals surface area contributed by atoms with Crippen LogP contribution in [0.4, 0.5) is 5.69 Å². The number of anilines is 1. The highest BCUT2D eigenvalue weighted by Crippen LogP contribution is 2.61. The lowest BCUT2D eigenvalue weighted by molar-refractivity contribution is 0.997. The number of aryl methyl sites for hydroxylation is 2. The Kier molecular flexibility index (Phi) is 6.54. The van der Waals surface area contributed by atoms with Crippen molar-refractivity contribution in [1.82, 2.24) is 0 Å². The van der Waals surface area contributed by atoms with Crippen molar-refractivity contribution in [2.24, 2.45) is 4.99 Å². The zero-order valence-corrected chi connectivity index (χ0v) is 27.4. The SMILES string of the molecule is CC1=CC=CC2(C)C1=N/C(=C(\Nc1c(C)cccc1C)[Si](C)(C)C)[Si]2([Si](C)(C)C)[Si](C)(C)C. The maximum Gasteiger partial charge on any atom is 0.114 e. The van der Waals surface area contributed by atoms with Crippen LogP contribution in [0.1, 0.15) is 25.0 Å². The molecule has 0 amide bonds. The van der Waals surface area contributed by atoms with Crippen molar-refractivity contribution in [2.75, 3.05) is 5.32 Å². The Morgan fingerprint density at radius 1 is 0.879 bits per heavy atom. The second-order valence-electron chi connectivity index (χ2n) is 13.5. The van der Waals surface area contributed by atoms with Crippen LogP contribution in [0.25, 0.3) is 0 Å². The highest BCUT2D eigenvalue weighted by atomic mass is 29.6. The Labute approximate surface area is 207 Å². The molecule has 0 spiro atoms. The number of rotatable bonds is 5. The van der Waals surface area contributed by atoms with E-state index in [4.69, 9.17) is 4.99 Å². The summed E-state index contributed by atoms with van der Waals surface area (Å²) in [4.78, 5) is 5.75. The summed E-state index contributed by atoms with van der Waals surface area (Å²) in [5.74, 6) is 0. The maximum absolute atomic E-state index is 5.75. The van der Waals surface area contributed by atoms with Gasteiger partial charge in [-0.1, -0.05) is 102 Å². The van der Waals surface area contributed by atoms with Crippen LogP contribution in [0.2, 0.25) is 64.0 Å². The first-order valence-electron chi connectivity index (χ1n) is 12.4. The van der Waals surface area contributed by atoms with Crippen LogP contribution >= 0.6 is 0 Å². The molecule has 0 saturated heterocycles. The van der Waals surface area contributed by atoms with Crippen molar-refractivity contribution in [3.8, 4) is 0 Å². The van der Waals surface area contributed by atoms with Gasteiger partial charge in [0.1, 0.15) is 7.11 Å². The van der Waals surface area contributed by atoms with Gasteiger partial charge in [0.25, 0.3) is 0 Å². The number of para-hydroxylation sites is 1. The summed E-state index contributed by atoms with van der Waals surface area (Å²) in [5, 5.41) is 7.24. The molecule has 0 fully saturated rings. The van der Waals surface area contributed by atoms with Gasteiger partial charge in [-0.3, -0.25) is 4.99 Å². The highest BCUT2D eigenvalue weighted by molar-refractivity contribution is 7.73. The Balaban J connectivity index is 2.52. The van der Waals surface area contributed by atoms with Crippen molar-refractivity contribution in [2.45, 2.75) is 91.7 Å². The monoisotopic (exact) mass is 510 g/mol. The van der Waals surface area contributed by atoms with Crippen molar-refractivity contribution in [3.63, 3.8) is 0 Å². The van der Waals surface area contributed by atoms with Gasteiger partial charge in [-0.2, -0.15) is 0 Å². The first-order chi connectivity index (χ1) is 14.9. The van der Waals surface area contributed by atoms with Gasteiger partial charge in [0.2, 0.25) is 0 Å². The zero-order chi connectivity index (χ0) is 25.2. The molecule has 1 aliphatic heterocycles. The third-order valence-electron chi connectivity index (χ3n) is 7.97. The van der Waals surface area contributed by atoms with E-state index in [1.54, 1.807) is 5.32 Å². The molecule has 1 atom stereocenters. The van der Waals surface area contributed by atoms with Crippen molar-refractivity contribution < 1.29 is 0 Å². The quantitative estimate of drug-likeness (QED) is 0.395. The van der Waals surface area contributed by atoms with Gasteiger partial charge in [-0.25, -0.2) is 0 Å². The highest BCUT2D eigenvalue weighted by Gasteiger charge is 2.71. The molecule has 180 valence electrons. The minimum atomic E-state index is -2.06. The molecular weight excluding hydrogens is 465 g/mol. The number of nitrogens with one attached hydrogen (secondary N) is 1. The lowest BCUT2D eigenvalue weighted by atomic mass is 9.93. The molecule has 1 unspecified atom stereocenters. The number of fused-ring (bicyclic) bond motifs is 1. The van der Waals surface area contributed by atoms with E-state index in [1.807, 2.05) is 0 Å². The van der Waals surface area contributed by atoms with Crippen molar-refractivity contribution in [1.29, 1.82) is 0 Å². The number of allylic oxidation sites excluding steroid dienone is 4. The van der Waals surface area contributed by atoms with E-state index in [0.717, 1.165) is 0 Å². The number of benzene rings is 1. The van der Waals surface area contributed by atoms with Crippen LogP contribution in [0.5, 0.6) is 0 Å². The fraction of sp³-hybridized carbons (Fsp3) is 0.519. The first-order valence-corrected chi connectivity index (χ1v) is 26.9. The second kappa shape index (κ2) is 8.18. The average molecular weight is 511 g/mol. The average Bonchev–Trinajstić information content (AvgIpc) is 2.90. The lowest BCUT2D eigenvalue weighted by Gasteiger charge is -2.57. The Hall–Kier alpha value is -1.22. The zero-order valence-electron chi connectivity index (χ0n) is 23.4. The molecule has 33 heavy (non-hydrogen) atoms. The molecule has 1 aromatic rings. The third kappa shape index (κ3) is 3.91. The molecule has 1 aromatic carbocycles. The summed E-state index contributed by atoms with van der Waals surface area (Å²) >= 11 is 0. The molecule has 1 heterocycles. The minimum Gasteiger partial charge on any atom is -0.361 e. The fourth-order valence-corrected chi connectivity index (χ4v) is 62.8. The van der Waals surface area contributed by atoms with Gasteiger partial charge in [-0.15, -0.1) is 0 Å². The third-order valence-corrected chi connectivity index (χ3v) is 49.1. The summed E-state index contributed by atoms with van der Waals surface area (Å²) in [6.07, 6.45) is 7.19. The summed E-state index contributed by atoms with van der Waals surface area (Å²) in [5.41, 5.74) is 6.68.